The molecule has 1 aromatic rings. The van der Waals surface area contributed by atoms with Gasteiger partial charge in [-0.05, 0) is 30.6 Å². The summed E-state index contributed by atoms with van der Waals surface area (Å²) in [6.07, 6.45) is 2.00. The molecule has 2 rings (SSSR count). The lowest BCUT2D eigenvalue weighted by Crippen LogP contribution is -2.25. The van der Waals surface area contributed by atoms with E-state index < -0.39 is 0 Å². The molecule has 1 aliphatic rings. The van der Waals surface area contributed by atoms with Crippen LogP contribution in [0.2, 0.25) is 0 Å². The van der Waals surface area contributed by atoms with E-state index in [4.69, 9.17) is 5.73 Å². The number of nitrogens with two attached hydrogens (primary N) is 1. The Morgan fingerprint density at radius 3 is 2.93 bits per heavy atom. The monoisotopic (exact) mass is 205 g/mol. The van der Waals surface area contributed by atoms with Gasteiger partial charge in [0, 0.05) is 5.56 Å². The third-order valence-electron chi connectivity index (χ3n) is 2.26. The van der Waals surface area contributed by atoms with Gasteiger partial charge in [-0.25, -0.2) is 0 Å². The highest BCUT2D eigenvalue weighted by molar-refractivity contribution is 7.80. The molecule has 0 atom stereocenters. The van der Waals surface area contributed by atoms with Crippen LogP contribution in [0.1, 0.15) is 17.5 Å². The van der Waals surface area contributed by atoms with Gasteiger partial charge in [-0.15, -0.1) is 0 Å². The molecule has 0 fully saturated rings. The molecule has 0 heterocycles. The lowest BCUT2D eigenvalue weighted by atomic mass is 10.1. The van der Waals surface area contributed by atoms with E-state index in [-0.39, 0.29) is 5.11 Å². The normalized spacial score (nSPS) is 16.7. The minimum atomic E-state index is 0.210. The van der Waals surface area contributed by atoms with Crippen molar-refractivity contribution in [2.45, 2.75) is 12.8 Å². The van der Waals surface area contributed by atoms with Crippen molar-refractivity contribution in [1.29, 1.82) is 0 Å². The largest absolute Gasteiger partial charge is 0.375 e. The predicted octanol–water partition coefficient (Wildman–Crippen LogP) is 1.17. The van der Waals surface area contributed by atoms with Crippen LogP contribution in [-0.2, 0) is 6.42 Å². The molecule has 0 spiro atoms. The van der Waals surface area contributed by atoms with Crippen molar-refractivity contribution in [3.8, 4) is 0 Å². The van der Waals surface area contributed by atoms with Crippen molar-refractivity contribution in [1.82, 2.24) is 5.43 Å². The number of thiocarbonyl (C=S) groups is 1. The summed E-state index contributed by atoms with van der Waals surface area (Å²) in [5, 5.41) is 4.37. The number of hydrazone groups is 1. The molecule has 0 aliphatic heterocycles. The molecule has 1 aromatic carbocycles. The van der Waals surface area contributed by atoms with Crippen molar-refractivity contribution in [2.75, 3.05) is 0 Å². The van der Waals surface area contributed by atoms with E-state index in [1.807, 2.05) is 12.1 Å². The summed E-state index contributed by atoms with van der Waals surface area (Å²) in [7, 11) is 0. The van der Waals surface area contributed by atoms with E-state index in [9.17, 15) is 0 Å². The molecule has 0 saturated heterocycles. The number of hydrogen-bond acceptors (Lipinski definition) is 2. The van der Waals surface area contributed by atoms with Crippen LogP contribution in [0.5, 0.6) is 0 Å². The van der Waals surface area contributed by atoms with Crippen LogP contribution in [0.3, 0.4) is 0 Å². The second kappa shape index (κ2) is 3.75. The summed E-state index contributed by atoms with van der Waals surface area (Å²) in [6, 6.07) is 8.25. The molecule has 4 heteroatoms. The topological polar surface area (TPSA) is 50.4 Å². The summed E-state index contributed by atoms with van der Waals surface area (Å²) in [5.74, 6) is 0. The van der Waals surface area contributed by atoms with Crippen molar-refractivity contribution in [3.63, 3.8) is 0 Å². The minimum absolute atomic E-state index is 0.210. The Kier molecular flexibility index (Phi) is 2.45. The van der Waals surface area contributed by atoms with Gasteiger partial charge in [0.05, 0.1) is 5.71 Å². The fraction of sp³-hybridized carbons (Fsp3) is 0.200. The molecule has 0 radical (unpaired) electrons. The van der Waals surface area contributed by atoms with E-state index in [1.54, 1.807) is 0 Å². The first-order chi connectivity index (χ1) is 6.77. The molecule has 0 bridgehead atoms. The quantitative estimate of drug-likeness (QED) is 0.534. The summed E-state index contributed by atoms with van der Waals surface area (Å²) in [4.78, 5) is 0. The predicted molar refractivity (Wildman–Crippen MR) is 61.2 cm³/mol. The minimum Gasteiger partial charge on any atom is -0.375 e. The van der Waals surface area contributed by atoms with Crippen molar-refractivity contribution < 1.29 is 0 Å². The molecule has 3 N–H and O–H groups in total. The Morgan fingerprint density at radius 1 is 1.36 bits per heavy atom. The van der Waals surface area contributed by atoms with Gasteiger partial charge in [0.15, 0.2) is 5.11 Å². The lowest BCUT2D eigenvalue weighted by Gasteiger charge is -2.00. The summed E-state index contributed by atoms with van der Waals surface area (Å²) in [6.45, 7) is 0. The number of benzene rings is 1. The van der Waals surface area contributed by atoms with Gasteiger partial charge in [-0.3, -0.25) is 5.43 Å². The molecule has 14 heavy (non-hydrogen) atoms. The van der Waals surface area contributed by atoms with E-state index >= 15 is 0 Å². The Balaban J connectivity index is 2.26. The van der Waals surface area contributed by atoms with Crippen LogP contribution >= 0.6 is 12.2 Å². The molecule has 1 aliphatic carbocycles. The van der Waals surface area contributed by atoms with E-state index in [1.165, 1.54) is 11.1 Å². The van der Waals surface area contributed by atoms with Gasteiger partial charge >= 0.3 is 0 Å². The number of fused-ring (bicyclic) bond motifs is 1. The zero-order chi connectivity index (χ0) is 9.97. The average Bonchev–Trinajstić information content (AvgIpc) is 2.58. The van der Waals surface area contributed by atoms with Crippen molar-refractivity contribution >= 4 is 23.0 Å². The van der Waals surface area contributed by atoms with Gasteiger partial charge in [0.25, 0.3) is 0 Å². The van der Waals surface area contributed by atoms with Gasteiger partial charge < -0.3 is 5.73 Å². The zero-order valence-corrected chi connectivity index (χ0v) is 8.47. The molecule has 0 aromatic heterocycles. The smallest absolute Gasteiger partial charge is 0.184 e. The van der Waals surface area contributed by atoms with E-state index in [2.05, 4.69) is 34.9 Å². The number of aryl methyl sites for hydroxylation is 1. The lowest BCUT2D eigenvalue weighted by molar-refractivity contribution is 1.01. The van der Waals surface area contributed by atoms with Crippen LogP contribution in [0.25, 0.3) is 0 Å². The highest BCUT2D eigenvalue weighted by Crippen LogP contribution is 2.21. The number of nitrogens with one attached hydrogen (secondary N) is 1. The standard InChI is InChI=1S/C10H11N3S/c11-10(14)13-12-9-6-5-7-3-1-2-4-8(7)9/h1-4H,5-6H2,(H3,11,13,14)/b12-9-. The second-order valence-corrected chi connectivity index (χ2v) is 3.63. The van der Waals surface area contributed by atoms with Gasteiger partial charge in [-0.2, -0.15) is 5.10 Å². The van der Waals surface area contributed by atoms with Crippen LogP contribution in [0.4, 0.5) is 0 Å². The fourth-order valence-electron chi connectivity index (χ4n) is 1.65. The Labute approximate surface area is 88.0 Å². The SMILES string of the molecule is NC(=S)N/N=C1/CCc2ccccc21. The zero-order valence-electron chi connectivity index (χ0n) is 7.66. The highest BCUT2D eigenvalue weighted by atomic mass is 32.1. The van der Waals surface area contributed by atoms with Crippen molar-refractivity contribution in [2.24, 2.45) is 10.8 Å². The van der Waals surface area contributed by atoms with Crippen molar-refractivity contribution in [3.05, 3.63) is 35.4 Å². The number of hydrogen-bond donors (Lipinski definition) is 2. The highest BCUT2D eigenvalue weighted by Gasteiger charge is 2.16. The first-order valence-electron chi connectivity index (χ1n) is 4.47. The molecule has 0 unspecified atom stereocenters. The molecular weight excluding hydrogens is 194 g/mol. The Bertz CT molecular complexity index is 398. The summed E-state index contributed by atoms with van der Waals surface area (Å²) < 4.78 is 0. The molecule has 3 nitrogen and oxygen atoms in total. The van der Waals surface area contributed by atoms with Crippen LogP contribution in [-0.4, -0.2) is 10.8 Å². The fourth-order valence-corrected chi connectivity index (χ4v) is 1.69. The van der Waals surface area contributed by atoms with Gasteiger partial charge in [-0.1, -0.05) is 24.3 Å². The second-order valence-electron chi connectivity index (χ2n) is 3.19. The molecular formula is C10H11N3S. The first kappa shape index (κ1) is 9.15. The molecule has 0 amide bonds. The number of nitrogens with zero attached hydrogens (tertiary/aromatic N) is 1. The molecule has 72 valence electrons. The van der Waals surface area contributed by atoms with Gasteiger partial charge in [0.1, 0.15) is 0 Å². The molecule has 0 saturated carbocycles. The number of rotatable bonds is 1. The maximum absolute atomic E-state index is 5.30. The first-order valence-corrected chi connectivity index (χ1v) is 4.88. The maximum atomic E-state index is 5.30. The summed E-state index contributed by atoms with van der Waals surface area (Å²) >= 11 is 4.69. The Morgan fingerprint density at radius 2 is 2.14 bits per heavy atom. The summed E-state index contributed by atoms with van der Waals surface area (Å²) in [5.41, 5.74) is 11.5. The third kappa shape index (κ3) is 1.75. The maximum Gasteiger partial charge on any atom is 0.184 e. The van der Waals surface area contributed by atoms with Crippen LogP contribution in [0, 0.1) is 0 Å². The van der Waals surface area contributed by atoms with Crippen LogP contribution < -0.4 is 11.2 Å². The average molecular weight is 205 g/mol. The van der Waals surface area contributed by atoms with E-state index in [0.29, 0.717) is 0 Å². The van der Waals surface area contributed by atoms with Gasteiger partial charge in [0.2, 0.25) is 0 Å². The van der Waals surface area contributed by atoms with E-state index in [0.717, 1.165) is 18.6 Å². The third-order valence-corrected chi connectivity index (χ3v) is 2.35. The Hall–Kier alpha value is -1.42. The van der Waals surface area contributed by atoms with Crippen LogP contribution in [0.15, 0.2) is 29.4 Å².